The second kappa shape index (κ2) is 5.62. The predicted octanol–water partition coefficient (Wildman–Crippen LogP) is 2.73. The van der Waals surface area contributed by atoms with Crippen LogP contribution in [0, 0.1) is 5.92 Å². The second-order valence-electron chi connectivity index (χ2n) is 5.58. The van der Waals surface area contributed by atoms with Crippen molar-refractivity contribution in [1.82, 2.24) is 9.88 Å². The Bertz CT molecular complexity index is 685. The van der Waals surface area contributed by atoms with Crippen molar-refractivity contribution in [2.75, 3.05) is 13.6 Å². The number of carbonyl (C=O) groups is 1. The van der Waals surface area contributed by atoms with Crippen LogP contribution in [0.1, 0.15) is 23.2 Å². The van der Waals surface area contributed by atoms with Gasteiger partial charge in [0.2, 0.25) is 0 Å². The lowest BCUT2D eigenvalue weighted by atomic mass is 10.1. The highest BCUT2D eigenvalue weighted by Gasteiger charge is 2.31. The molecule has 0 radical (unpaired) electrons. The highest BCUT2D eigenvalue weighted by Crippen LogP contribution is 2.33. The lowest BCUT2D eigenvalue weighted by Crippen LogP contribution is -2.35. The van der Waals surface area contributed by atoms with E-state index in [4.69, 9.17) is 11.6 Å². The topological polar surface area (TPSA) is 53.4 Å². The lowest BCUT2D eigenvalue weighted by molar-refractivity contribution is 0.0647. The maximum absolute atomic E-state index is 12.6. The first-order valence-corrected chi connectivity index (χ1v) is 7.42. The molecule has 1 aliphatic carbocycles. The first kappa shape index (κ1) is 14.3. The van der Waals surface area contributed by atoms with Crippen LogP contribution in [0.5, 0.6) is 0 Å². The van der Waals surface area contributed by atoms with Crippen molar-refractivity contribution < 1.29 is 9.90 Å². The summed E-state index contributed by atoms with van der Waals surface area (Å²) in [5, 5.41) is 11.3. The number of fused-ring (bicyclic) bond motifs is 1. The summed E-state index contributed by atoms with van der Waals surface area (Å²) in [5.41, 5.74) is 1.11. The molecule has 4 nitrogen and oxygen atoms in total. The fourth-order valence-corrected chi connectivity index (χ4v) is 2.73. The maximum atomic E-state index is 12.6. The third kappa shape index (κ3) is 2.87. The van der Waals surface area contributed by atoms with Gasteiger partial charge in [-0.3, -0.25) is 9.78 Å². The van der Waals surface area contributed by atoms with Crippen LogP contribution in [-0.4, -0.2) is 40.6 Å². The van der Waals surface area contributed by atoms with Gasteiger partial charge in [0.1, 0.15) is 0 Å². The minimum absolute atomic E-state index is 0.143. The van der Waals surface area contributed by atoms with Gasteiger partial charge in [-0.25, -0.2) is 0 Å². The minimum atomic E-state index is -0.439. The molecule has 21 heavy (non-hydrogen) atoms. The predicted molar refractivity (Wildman–Crippen MR) is 82.4 cm³/mol. The quantitative estimate of drug-likeness (QED) is 0.945. The molecule has 5 heteroatoms. The number of aromatic nitrogens is 1. The fraction of sp³-hybridized carbons (Fsp3) is 0.375. The molecule has 0 saturated heterocycles. The fourth-order valence-electron chi connectivity index (χ4n) is 2.51. The molecule has 1 aliphatic rings. The van der Waals surface area contributed by atoms with Crippen LogP contribution in [0.3, 0.4) is 0 Å². The van der Waals surface area contributed by atoms with Gasteiger partial charge in [-0.15, -0.1) is 0 Å². The van der Waals surface area contributed by atoms with E-state index in [1.54, 1.807) is 36.3 Å². The van der Waals surface area contributed by atoms with Crippen LogP contribution in [0.4, 0.5) is 0 Å². The largest absolute Gasteiger partial charge is 0.391 e. The van der Waals surface area contributed by atoms with Crippen molar-refractivity contribution in [3.63, 3.8) is 0 Å². The van der Waals surface area contributed by atoms with E-state index in [0.29, 0.717) is 28.6 Å². The minimum Gasteiger partial charge on any atom is -0.391 e. The number of rotatable bonds is 4. The number of hydrogen-bond donors (Lipinski definition) is 1. The summed E-state index contributed by atoms with van der Waals surface area (Å²) >= 11 is 6.14. The first-order valence-electron chi connectivity index (χ1n) is 7.04. The maximum Gasteiger partial charge on any atom is 0.255 e. The molecular formula is C16H17ClN2O2. The Hall–Kier alpha value is -1.65. The Balaban J connectivity index is 1.88. The van der Waals surface area contributed by atoms with E-state index in [1.165, 1.54) is 0 Å². The Morgan fingerprint density at radius 2 is 2.24 bits per heavy atom. The normalized spacial score (nSPS) is 16.0. The van der Waals surface area contributed by atoms with Crippen LogP contribution < -0.4 is 0 Å². The third-order valence-electron chi connectivity index (χ3n) is 3.92. The third-order valence-corrected chi connectivity index (χ3v) is 4.25. The summed E-state index contributed by atoms with van der Waals surface area (Å²) in [6.07, 6.45) is 3.31. The number of pyridine rings is 1. The standard InChI is InChI=1S/C16H17ClN2O2/c1-19(9-14(20)10-4-5-10)16(21)12-6-7-13(17)11-3-2-8-18-15(11)12/h2-3,6-8,10,14,20H,4-5,9H2,1H3. The number of aliphatic hydroxyl groups excluding tert-OH is 1. The van der Waals surface area contributed by atoms with Gasteiger partial charge in [-0.05, 0) is 43.0 Å². The molecule has 1 amide bonds. The molecule has 3 rings (SSSR count). The Morgan fingerprint density at radius 3 is 2.95 bits per heavy atom. The zero-order valence-electron chi connectivity index (χ0n) is 11.8. The van der Waals surface area contributed by atoms with Gasteiger partial charge in [0, 0.05) is 25.2 Å². The number of carbonyl (C=O) groups excluding carboxylic acids is 1. The summed E-state index contributed by atoms with van der Waals surface area (Å²) in [6, 6.07) is 7.05. The second-order valence-corrected chi connectivity index (χ2v) is 5.99. The first-order chi connectivity index (χ1) is 10.1. The van der Waals surface area contributed by atoms with Gasteiger partial charge >= 0.3 is 0 Å². The molecule has 1 N–H and O–H groups in total. The molecule has 0 aliphatic heterocycles. The summed E-state index contributed by atoms with van der Waals surface area (Å²) in [6.45, 7) is 0.348. The van der Waals surface area contributed by atoms with Crippen LogP contribution in [0.15, 0.2) is 30.5 Å². The van der Waals surface area contributed by atoms with Gasteiger partial charge in [-0.2, -0.15) is 0 Å². The molecule has 1 fully saturated rings. The van der Waals surface area contributed by atoms with Gasteiger partial charge in [0.25, 0.3) is 5.91 Å². The zero-order chi connectivity index (χ0) is 15.0. The number of likely N-dealkylation sites (N-methyl/N-ethyl adjacent to an activating group) is 1. The number of halogens is 1. The van der Waals surface area contributed by atoms with Gasteiger partial charge in [0.15, 0.2) is 0 Å². The number of hydrogen-bond acceptors (Lipinski definition) is 3. The summed E-state index contributed by atoms with van der Waals surface area (Å²) in [5.74, 6) is 0.204. The van der Waals surface area contributed by atoms with Crippen LogP contribution >= 0.6 is 11.6 Å². The SMILES string of the molecule is CN(CC(O)C1CC1)C(=O)c1ccc(Cl)c2cccnc12. The van der Waals surface area contributed by atoms with Crippen molar-refractivity contribution in [1.29, 1.82) is 0 Å². The molecule has 1 heterocycles. The van der Waals surface area contributed by atoms with Crippen molar-refractivity contribution in [3.05, 3.63) is 41.0 Å². The van der Waals surface area contributed by atoms with E-state index >= 15 is 0 Å². The molecule has 1 aromatic carbocycles. The van der Waals surface area contributed by atoms with Gasteiger partial charge < -0.3 is 10.0 Å². The summed E-state index contributed by atoms with van der Waals surface area (Å²) < 4.78 is 0. The van der Waals surface area contributed by atoms with Crippen LogP contribution in [-0.2, 0) is 0 Å². The van der Waals surface area contributed by atoms with E-state index in [-0.39, 0.29) is 5.91 Å². The number of aliphatic hydroxyl groups is 1. The van der Waals surface area contributed by atoms with Crippen LogP contribution in [0.25, 0.3) is 10.9 Å². The smallest absolute Gasteiger partial charge is 0.255 e. The van der Waals surface area contributed by atoms with E-state index < -0.39 is 6.10 Å². The summed E-state index contributed by atoms with van der Waals surface area (Å²) in [7, 11) is 1.71. The Kier molecular flexibility index (Phi) is 3.83. The van der Waals surface area contributed by atoms with Gasteiger partial charge in [0.05, 0.1) is 22.2 Å². The Labute approximate surface area is 128 Å². The molecular weight excluding hydrogens is 288 g/mol. The number of amides is 1. The average Bonchev–Trinajstić information content (AvgIpc) is 3.32. The molecule has 0 bridgehead atoms. The van der Waals surface area contributed by atoms with Crippen molar-refractivity contribution in [2.24, 2.45) is 5.92 Å². The van der Waals surface area contributed by atoms with E-state index in [9.17, 15) is 9.90 Å². The van der Waals surface area contributed by atoms with Crippen molar-refractivity contribution >= 4 is 28.4 Å². The van der Waals surface area contributed by atoms with E-state index in [1.807, 2.05) is 6.07 Å². The monoisotopic (exact) mass is 304 g/mol. The number of nitrogens with zero attached hydrogens (tertiary/aromatic N) is 2. The van der Waals surface area contributed by atoms with E-state index in [2.05, 4.69) is 4.98 Å². The molecule has 1 saturated carbocycles. The molecule has 1 atom stereocenters. The molecule has 2 aromatic rings. The highest BCUT2D eigenvalue weighted by molar-refractivity contribution is 6.36. The molecule has 110 valence electrons. The lowest BCUT2D eigenvalue weighted by Gasteiger charge is -2.21. The van der Waals surface area contributed by atoms with Gasteiger partial charge in [-0.1, -0.05) is 11.6 Å². The van der Waals surface area contributed by atoms with Crippen molar-refractivity contribution in [3.8, 4) is 0 Å². The molecule has 0 spiro atoms. The number of benzene rings is 1. The highest BCUT2D eigenvalue weighted by atomic mass is 35.5. The van der Waals surface area contributed by atoms with Crippen LogP contribution in [0.2, 0.25) is 5.02 Å². The summed E-state index contributed by atoms with van der Waals surface area (Å²) in [4.78, 5) is 18.4. The zero-order valence-corrected chi connectivity index (χ0v) is 12.5. The molecule has 1 aromatic heterocycles. The van der Waals surface area contributed by atoms with E-state index in [0.717, 1.165) is 18.2 Å². The Morgan fingerprint density at radius 1 is 1.48 bits per heavy atom. The average molecular weight is 305 g/mol. The van der Waals surface area contributed by atoms with Crippen molar-refractivity contribution in [2.45, 2.75) is 18.9 Å². The molecule has 1 unspecified atom stereocenters.